The smallest absolute Gasteiger partial charge is 0.0842 e. The van der Waals surface area contributed by atoms with Gasteiger partial charge in [0.2, 0.25) is 0 Å². The van der Waals surface area contributed by atoms with Crippen molar-refractivity contribution in [2.45, 2.75) is 38.9 Å². The molecule has 2 nitrogen and oxygen atoms in total. The number of aliphatic hydroxyl groups excluding tert-OH is 1. The fourth-order valence-electron chi connectivity index (χ4n) is 1.60. The zero-order valence-corrected chi connectivity index (χ0v) is 9.64. The third-order valence-electron chi connectivity index (χ3n) is 3.31. The summed E-state index contributed by atoms with van der Waals surface area (Å²) in [4.78, 5) is 0. The summed E-state index contributed by atoms with van der Waals surface area (Å²) in [5.41, 5.74) is 0.0358. The highest BCUT2D eigenvalue weighted by Crippen LogP contribution is 2.32. The Kier molecular flexibility index (Phi) is 3.89. The molecule has 0 amide bonds. The molecule has 3 atom stereocenters. The SMILES string of the molecule is CC[C@@](C)(O)[C@H](C)[C@@H](O)c1ccccc1. The Hall–Kier alpha value is -0.860. The molecule has 2 N–H and O–H groups in total. The summed E-state index contributed by atoms with van der Waals surface area (Å²) in [6, 6.07) is 9.47. The largest absolute Gasteiger partial charge is 0.390 e. The molecule has 0 saturated heterocycles. The van der Waals surface area contributed by atoms with Crippen LogP contribution in [0.3, 0.4) is 0 Å². The molecule has 0 aliphatic heterocycles. The Morgan fingerprint density at radius 2 is 1.80 bits per heavy atom. The van der Waals surface area contributed by atoms with Crippen LogP contribution in [0.15, 0.2) is 30.3 Å². The molecule has 2 heteroatoms. The summed E-state index contributed by atoms with van der Waals surface area (Å²) in [6.07, 6.45) is 0.0269. The molecule has 0 unspecified atom stereocenters. The molecule has 1 aromatic rings. The van der Waals surface area contributed by atoms with E-state index in [1.807, 2.05) is 44.2 Å². The van der Waals surface area contributed by atoms with E-state index in [1.165, 1.54) is 0 Å². The summed E-state index contributed by atoms with van der Waals surface area (Å²) in [7, 11) is 0. The second kappa shape index (κ2) is 4.77. The number of rotatable bonds is 4. The summed E-state index contributed by atoms with van der Waals surface area (Å²) < 4.78 is 0. The second-order valence-electron chi connectivity index (χ2n) is 4.35. The Labute approximate surface area is 91.6 Å². The summed E-state index contributed by atoms with van der Waals surface area (Å²) in [6.45, 7) is 5.57. The highest BCUT2D eigenvalue weighted by atomic mass is 16.3. The van der Waals surface area contributed by atoms with Gasteiger partial charge in [0.15, 0.2) is 0 Å². The molecular weight excluding hydrogens is 188 g/mol. The highest BCUT2D eigenvalue weighted by Gasteiger charge is 2.32. The minimum absolute atomic E-state index is 0.176. The molecule has 0 radical (unpaired) electrons. The van der Waals surface area contributed by atoms with Gasteiger partial charge in [0.1, 0.15) is 0 Å². The van der Waals surface area contributed by atoms with Gasteiger partial charge >= 0.3 is 0 Å². The average molecular weight is 208 g/mol. The molecule has 0 saturated carbocycles. The van der Waals surface area contributed by atoms with Gasteiger partial charge in [-0.25, -0.2) is 0 Å². The molecule has 0 aliphatic rings. The molecule has 0 aliphatic carbocycles. The molecule has 15 heavy (non-hydrogen) atoms. The number of hydrogen-bond donors (Lipinski definition) is 2. The number of hydrogen-bond acceptors (Lipinski definition) is 2. The maximum Gasteiger partial charge on any atom is 0.0842 e. The highest BCUT2D eigenvalue weighted by molar-refractivity contribution is 5.18. The minimum atomic E-state index is -0.824. The normalized spacial score (nSPS) is 19.3. The first kappa shape index (κ1) is 12.2. The van der Waals surface area contributed by atoms with Crippen molar-refractivity contribution in [3.8, 4) is 0 Å². The van der Waals surface area contributed by atoms with E-state index in [9.17, 15) is 10.2 Å². The van der Waals surface area contributed by atoms with Crippen molar-refractivity contribution < 1.29 is 10.2 Å². The van der Waals surface area contributed by atoms with Crippen LogP contribution < -0.4 is 0 Å². The lowest BCUT2D eigenvalue weighted by Gasteiger charge is -2.32. The minimum Gasteiger partial charge on any atom is -0.390 e. The second-order valence-corrected chi connectivity index (χ2v) is 4.35. The molecule has 0 spiro atoms. The van der Waals surface area contributed by atoms with Gasteiger partial charge in [0.25, 0.3) is 0 Å². The fraction of sp³-hybridized carbons (Fsp3) is 0.538. The zero-order chi connectivity index (χ0) is 11.5. The Morgan fingerprint density at radius 3 is 2.27 bits per heavy atom. The topological polar surface area (TPSA) is 40.5 Å². The summed E-state index contributed by atoms with van der Waals surface area (Å²) >= 11 is 0. The van der Waals surface area contributed by atoms with Crippen LogP contribution in [0.4, 0.5) is 0 Å². The quantitative estimate of drug-likeness (QED) is 0.798. The van der Waals surface area contributed by atoms with E-state index in [0.717, 1.165) is 5.56 Å². The molecule has 0 bridgehead atoms. The molecule has 1 aromatic carbocycles. The fourth-order valence-corrected chi connectivity index (χ4v) is 1.60. The first-order chi connectivity index (χ1) is 6.99. The third-order valence-corrected chi connectivity index (χ3v) is 3.31. The van der Waals surface area contributed by atoms with Gasteiger partial charge in [0.05, 0.1) is 11.7 Å². The van der Waals surface area contributed by atoms with Gasteiger partial charge in [0, 0.05) is 5.92 Å². The van der Waals surface area contributed by atoms with E-state index in [4.69, 9.17) is 0 Å². The predicted molar refractivity (Wildman–Crippen MR) is 61.5 cm³/mol. The average Bonchev–Trinajstić information content (AvgIpc) is 2.28. The van der Waals surface area contributed by atoms with Gasteiger partial charge in [-0.05, 0) is 18.9 Å². The van der Waals surface area contributed by atoms with Crippen molar-refractivity contribution in [3.05, 3.63) is 35.9 Å². The van der Waals surface area contributed by atoms with E-state index in [1.54, 1.807) is 6.92 Å². The molecule has 84 valence electrons. The Morgan fingerprint density at radius 1 is 1.27 bits per heavy atom. The van der Waals surface area contributed by atoms with Gasteiger partial charge in [-0.1, -0.05) is 44.2 Å². The standard InChI is InChI=1S/C13H20O2/c1-4-13(3,15)10(2)12(14)11-8-6-5-7-9-11/h5-10,12,14-15H,4H2,1-3H3/t10-,12-,13-/m1/s1. The van der Waals surface area contributed by atoms with Crippen LogP contribution >= 0.6 is 0 Å². The van der Waals surface area contributed by atoms with E-state index in [-0.39, 0.29) is 5.92 Å². The van der Waals surface area contributed by atoms with Crippen molar-refractivity contribution in [2.75, 3.05) is 0 Å². The van der Waals surface area contributed by atoms with E-state index in [0.29, 0.717) is 6.42 Å². The maximum absolute atomic E-state index is 10.1. The van der Waals surface area contributed by atoms with Gasteiger partial charge in [-0.3, -0.25) is 0 Å². The van der Waals surface area contributed by atoms with Crippen molar-refractivity contribution in [2.24, 2.45) is 5.92 Å². The maximum atomic E-state index is 10.1. The Balaban J connectivity index is 2.82. The number of aliphatic hydroxyl groups is 2. The molecule has 1 rings (SSSR count). The van der Waals surface area contributed by atoms with Crippen molar-refractivity contribution in [1.82, 2.24) is 0 Å². The van der Waals surface area contributed by atoms with Crippen LogP contribution in [-0.2, 0) is 0 Å². The Bertz CT molecular complexity index is 293. The van der Waals surface area contributed by atoms with Gasteiger partial charge in [-0.2, -0.15) is 0 Å². The molecule has 0 heterocycles. The van der Waals surface area contributed by atoms with Crippen molar-refractivity contribution >= 4 is 0 Å². The van der Waals surface area contributed by atoms with Gasteiger partial charge < -0.3 is 10.2 Å². The lowest BCUT2D eigenvalue weighted by Crippen LogP contribution is -2.35. The van der Waals surface area contributed by atoms with Crippen LogP contribution in [-0.4, -0.2) is 15.8 Å². The van der Waals surface area contributed by atoms with Crippen LogP contribution in [0, 0.1) is 5.92 Å². The van der Waals surface area contributed by atoms with Crippen LogP contribution in [0.2, 0.25) is 0 Å². The molecule has 0 aromatic heterocycles. The first-order valence-corrected chi connectivity index (χ1v) is 5.44. The van der Waals surface area contributed by atoms with Crippen molar-refractivity contribution in [1.29, 1.82) is 0 Å². The van der Waals surface area contributed by atoms with E-state index < -0.39 is 11.7 Å². The predicted octanol–water partition coefficient (Wildman–Crippen LogP) is 2.52. The molecule has 0 fully saturated rings. The monoisotopic (exact) mass is 208 g/mol. The molecular formula is C13H20O2. The third kappa shape index (κ3) is 2.80. The van der Waals surface area contributed by atoms with E-state index >= 15 is 0 Å². The van der Waals surface area contributed by atoms with Crippen molar-refractivity contribution in [3.63, 3.8) is 0 Å². The first-order valence-electron chi connectivity index (χ1n) is 5.44. The summed E-state index contributed by atoms with van der Waals surface area (Å²) in [5.74, 6) is -0.176. The van der Waals surface area contributed by atoms with Crippen LogP contribution in [0.25, 0.3) is 0 Å². The zero-order valence-electron chi connectivity index (χ0n) is 9.64. The summed E-state index contributed by atoms with van der Waals surface area (Å²) in [5, 5.41) is 20.2. The van der Waals surface area contributed by atoms with Crippen LogP contribution in [0.5, 0.6) is 0 Å². The lowest BCUT2D eigenvalue weighted by molar-refractivity contribution is -0.0545. The lowest BCUT2D eigenvalue weighted by atomic mass is 9.82. The van der Waals surface area contributed by atoms with Crippen LogP contribution in [0.1, 0.15) is 38.9 Å². The van der Waals surface area contributed by atoms with Gasteiger partial charge in [-0.15, -0.1) is 0 Å². The number of benzene rings is 1. The van der Waals surface area contributed by atoms with E-state index in [2.05, 4.69) is 0 Å².